The second-order valence-corrected chi connectivity index (χ2v) is 18.5. The largest absolute Gasteiger partial charge is 0.334 e. The molecule has 58 heavy (non-hydrogen) atoms. The molecular weight excluding hydrogens is 701 g/mol. The van der Waals surface area contributed by atoms with E-state index in [0.717, 1.165) is 6.42 Å². The standard InChI is InChI=1S/C54H50BN3/c1-52(2,3)38-30-31-45(41(34-38)37-20-8-6-9-21-37)57-48-29-17-14-26-44(48)55-43-25-13-16-28-47(43)56(39-22-10-7-11-23-39)49-35-40(36-50(57)51(49)55)58-46-27-15-12-24-42(46)53(4)32-18-19-33-54(53,58)5/h6-17,20-31,34-36H,18-19,32-33H2,1-5H3. The van der Waals surface area contributed by atoms with Crippen LogP contribution in [0.25, 0.3) is 11.1 Å². The summed E-state index contributed by atoms with van der Waals surface area (Å²) in [5.74, 6) is 0. The third kappa shape index (κ3) is 4.93. The minimum Gasteiger partial charge on any atom is -0.334 e. The van der Waals surface area contributed by atoms with Crippen LogP contribution in [0.1, 0.15) is 71.4 Å². The number of nitrogens with zero attached hydrogens (tertiary/aromatic N) is 3. The molecule has 1 aliphatic carbocycles. The summed E-state index contributed by atoms with van der Waals surface area (Å²) in [5, 5.41) is 0. The molecule has 0 amide bonds. The highest BCUT2D eigenvalue weighted by Gasteiger charge is 2.58. The summed E-state index contributed by atoms with van der Waals surface area (Å²) in [6.07, 6.45) is 4.85. The maximum absolute atomic E-state index is 2.76. The minimum absolute atomic E-state index is 0.00280. The predicted octanol–water partition coefficient (Wildman–Crippen LogP) is 12.5. The zero-order chi connectivity index (χ0) is 39.4. The van der Waals surface area contributed by atoms with E-state index < -0.39 is 0 Å². The lowest BCUT2D eigenvalue weighted by atomic mass is 9.33. The Morgan fingerprint density at radius 1 is 0.500 bits per heavy atom. The van der Waals surface area contributed by atoms with Gasteiger partial charge >= 0.3 is 0 Å². The molecule has 0 aromatic heterocycles. The first-order valence-electron chi connectivity index (χ1n) is 21.3. The quantitative estimate of drug-likeness (QED) is 0.166. The SMILES string of the molecule is CC(C)(C)c1ccc(N2c3ccccc3B3c4ccccc4N(c4ccccc4)c4cc(N5c6ccccc6C6(C)CCCCC56C)cc2c43)c(-c2ccccc2)c1. The Morgan fingerprint density at radius 3 is 1.76 bits per heavy atom. The first-order chi connectivity index (χ1) is 28.2. The molecule has 2 unspecified atom stereocenters. The van der Waals surface area contributed by atoms with Crippen LogP contribution in [0.4, 0.5) is 45.5 Å². The molecule has 0 saturated heterocycles. The van der Waals surface area contributed by atoms with E-state index in [4.69, 9.17) is 0 Å². The number of hydrogen-bond donors (Lipinski definition) is 0. The summed E-state index contributed by atoms with van der Waals surface area (Å²) in [4.78, 5) is 7.92. The van der Waals surface area contributed by atoms with Gasteiger partial charge in [-0.15, -0.1) is 0 Å². The van der Waals surface area contributed by atoms with Crippen LogP contribution in [0.3, 0.4) is 0 Å². The van der Waals surface area contributed by atoms with E-state index in [-0.39, 0.29) is 23.1 Å². The fourth-order valence-electron chi connectivity index (χ4n) is 11.3. The van der Waals surface area contributed by atoms with Crippen LogP contribution < -0.4 is 31.1 Å². The van der Waals surface area contributed by atoms with Crippen molar-refractivity contribution >= 4 is 68.6 Å². The highest BCUT2D eigenvalue weighted by molar-refractivity contribution is 7.00. The molecule has 7 aromatic rings. The van der Waals surface area contributed by atoms with Crippen molar-refractivity contribution in [3.63, 3.8) is 0 Å². The van der Waals surface area contributed by atoms with E-state index in [9.17, 15) is 0 Å². The minimum atomic E-state index is -0.0829. The van der Waals surface area contributed by atoms with Gasteiger partial charge in [-0.05, 0) is 113 Å². The fourth-order valence-corrected chi connectivity index (χ4v) is 11.3. The molecule has 7 aromatic carbocycles. The van der Waals surface area contributed by atoms with E-state index in [1.54, 1.807) is 0 Å². The second-order valence-electron chi connectivity index (χ2n) is 18.5. The van der Waals surface area contributed by atoms with Crippen LogP contribution in [0.5, 0.6) is 0 Å². The normalized spacial score (nSPS) is 20.2. The van der Waals surface area contributed by atoms with E-state index in [1.165, 1.54) is 103 Å². The highest BCUT2D eigenvalue weighted by Crippen LogP contribution is 2.61. The summed E-state index contributed by atoms with van der Waals surface area (Å²) in [5.41, 5.74) is 19.2. The van der Waals surface area contributed by atoms with Crippen molar-refractivity contribution in [2.24, 2.45) is 0 Å². The third-order valence-electron chi connectivity index (χ3n) is 14.3. The van der Waals surface area contributed by atoms with Gasteiger partial charge in [-0.1, -0.05) is 150 Å². The van der Waals surface area contributed by atoms with E-state index in [1.807, 2.05) is 0 Å². The van der Waals surface area contributed by atoms with Crippen molar-refractivity contribution in [1.82, 2.24) is 0 Å². The molecular formula is C54H50BN3. The number of para-hydroxylation sites is 4. The smallest absolute Gasteiger partial charge is 0.252 e. The lowest BCUT2D eigenvalue weighted by Gasteiger charge is -2.51. The molecule has 3 aliphatic heterocycles. The van der Waals surface area contributed by atoms with Crippen LogP contribution >= 0.6 is 0 Å². The lowest BCUT2D eigenvalue weighted by molar-refractivity contribution is 0.195. The van der Waals surface area contributed by atoms with E-state index in [2.05, 4.69) is 213 Å². The first-order valence-corrected chi connectivity index (χ1v) is 21.3. The predicted molar refractivity (Wildman–Crippen MR) is 247 cm³/mol. The Labute approximate surface area is 344 Å². The first kappa shape index (κ1) is 35.2. The van der Waals surface area contributed by atoms with Gasteiger partial charge in [0.25, 0.3) is 6.71 Å². The van der Waals surface area contributed by atoms with Gasteiger partial charge in [0.1, 0.15) is 0 Å². The lowest BCUT2D eigenvalue weighted by Crippen LogP contribution is -2.61. The Balaban J connectivity index is 1.26. The molecule has 0 radical (unpaired) electrons. The molecule has 3 heterocycles. The maximum atomic E-state index is 2.76. The zero-order valence-corrected chi connectivity index (χ0v) is 34.3. The average Bonchev–Trinajstić information content (AvgIpc) is 3.46. The monoisotopic (exact) mass is 751 g/mol. The van der Waals surface area contributed by atoms with Crippen molar-refractivity contribution in [3.8, 4) is 11.1 Å². The molecule has 3 nitrogen and oxygen atoms in total. The number of fused-ring (bicyclic) bond motifs is 7. The van der Waals surface area contributed by atoms with Crippen LogP contribution in [0, 0.1) is 0 Å². The summed E-state index contributed by atoms with van der Waals surface area (Å²) in [6.45, 7) is 12.1. The zero-order valence-electron chi connectivity index (χ0n) is 34.3. The van der Waals surface area contributed by atoms with Crippen molar-refractivity contribution in [2.45, 2.75) is 76.7 Å². The molecule has 11 rings (SSSR count). The van der Waals surface area contributed by atoms with Gasteiger partial charge in [0, 0.05) is 50.8 Å². The molecule has 0 bridgehead atoms. The molecule has 4 heteroatoms. The summed E-state index contributed by atoms with van der Waals surface area (Å²) >= 11 is 0. The van der Waals surface area contributed by atoms with Crippen molar-refractivity contribution in [3.05, 3.63) is 175 Å². The number of anilines is 8. The van der Waals surface area contributed by atoms with Gasteiger partial charge < -0.3 is 14.7 Å². The number of rotatable bonds is 4. The van der Waals surface area contributed by atoms with Gasteiger partial charge in [-0.25, -0.2) is 0 Å². The van der Waals surface area contributed by atoms with E-state index >= 15 is 0 Å². The van der Waals surface area contributed by atoms with Crippen LogP contribution in [-0.4, -0.2) is 12.3 Å². The van der Waals surface area contributed by atoms with E-state index in [0.29, 0.717) is 0 Å². The van der Waals surface area contributed by atoms with Gasteiger partial charge in [0.05, 0.1) is 11.2 Å². The highest BCUT2D eigenvalue weighted by atomic mass is 15.3. The molecule has 1 saturated carbocycles. The summed E-state index contributed by atoms with van der Waals surface area (Å²) < 4.78 is 0. The van der Waals surface area contributed by atoms with Crippen molar-refractivity contribution in [1.29, 1.82) is 0 Å². The van der Waals surface area contributed by atoms with Crippen molar-refractivity contribution in [2.75, 3.05) is 14.7 Å². The number of hydrogen-bond acceptors (Lipinski definition) is 3. The van der Waals surface area contributed by atoms with Crippen LogP contribution in [0.2, 0.25) is 0 Å². The molecule has 284 valence electrons. The van der Waals surface area contributed by atoms with Gasteiger partial charge in [0.2, 0.25) is 0 Å². The second kappa shape index (κ2) is 12.8. The number of benzene rings is 7. The van der Waals surface area contributed by atoms with Crippen LogP contribution in [-0.2, 0) is 10.8 Å². The van der Waals surface area contributed by atoms with Gasteiger partial charge in [0.15, 0.2) is 0 Å². The molecule has 4 aliphatic rings. The summed E-state index contributed by atoms with van der Waals surface area (Å²) in [7, 11) is 0. The summed E-state index contributed by atoms with van der Waals surface area (Å²) in [6, 6.07) is 62.0. The average molecular weight is 752 g/mol. The molecule has 1 fully saturated rings. The topological polar surface area (TPSA) is 9.72 Å². The Kier molecular flexibility index (Phi) is 7.74. The molecule has 0 N–H and O–H groups in total. The Bertz CT molecular complexity index is 2730. The molecule has 0 spiro atoms. The van der Waals surface area contributed by atoms with Crippen molar-refractivity contribution < 1.29 is 0 Å². The fraction of sp³-hybridized carbons (Fsp3) is 0.222. The Hall–Kier alpha value is -6.00. The Morgan fingerprint density at radius 2 is 1.07 bits per heavy atom. The van der Waals surface area contributed by atoms with Gasteiger partial charge in [-0.2, -0.15) is 0 Å². The maximum Gasteiger partial charge on any atom is 0.252 e. The third-order valence-corrected chi connectivity index (χ3v) is 14.3. The molecule has 2 atom stereocenters. The van der Waals surface area contributed by atoms with Gasteiger partial charge in [-0.3, -0.25) is 0 Å². The van der Waals surface area contributed by atoms with Crippen LogP contribution in [0.15, 0.2) is 164 Å².